The number of piperidine rings is 1. The molecule has 132 valence electrons. The summed E-state index contributed by atoms with van der Waals surface area (Å²) in [4.78, 5) is 26.3. The van der Waals surface area contributed by atoms with Gasteiger partial charge in [0.1, 0.15) is 15.9 Å². The molecule has 0 N–H and O–H groups in total. The summed E-state index contributed by atoms with van der Waals surface area (Å²) in [5.41, 5.74) is 1.61. The molecule has 0 aliphatic carbocycles. The summed E-state index contributed by atoms with van der Waals surface area (Å²) >= 11 is 2.00. The maximum atomic E-state index is 12.5. The molecule has 6 heteroatoms. The Balaban J connectivity index is 1.64. The van der Waals surface area contributed by atoms with Gasteiger partial charge in [-0.2, -0.15) is 0 Å². The third-order valence-electron chi connectivity index (χ3n) is 4.41. The molecule has 25 heavy (non-hydrogen) atoms. The summed E-state index contributed by atoms with van der Waals surface area (Å²) in [6, 6.07) is 9.31. The van der Waals surface area contributed by atoms with Crippen LogP contribution in [-0.4, -0.2) is 28.5 Å². The van der Waals surface area contributed by atoms with Gasteiger partial charge in [-0.3, -0.25) is 9.59 Å². The van der Waals surface area contributed by atoms with Crippen LogP contribution in [0.5, 0.6) is 5.75 Å². The number of likely N-dealkylation sites (tertiary alicyclic amines) is 1. The molecule has 1 aromatic carbocycles. The predicted molar refractivity (Wildman–Crippen MR) is 105 cm³/mol. The van der Waals surface area contributed by atoms with Crippen LogP contribution in [0.3, 0.4) is 0 Å². The fraction of sp³-hybridized carbons (Fsp3) is 0.368. The minimum absolute atomic E-state index is 0.0689. The third kappa shape index (κ3) is 4.23. The lowest BCUT2D eigenvalue weighted by molar-refractivity contribution is 0.0724. The van der Waals surface area contributed by atoms with Crippen molar-refractivity contribution < 1.29 is 9.53 Å². The topological polar surface area (TPSA) is 51.5 Å². The maximum Gasteiger partial charge on any atom is 0.267 e. The Kier molecular flexibility index (Phi) is 5.78. The second kappa shape index (κ2) is 8.03. The number of aromatic nitrogens is 1. The van der Waals surface area contributed by atoms with Crippen LogP contribution in [0.4, 0.5) is 0 Å². The van der Waals surface area contributed by atoms with Crippen molar-refractivity contribution in [2.45, 2.75) is 25.9 Å². The molecular weight excluding hydrogens is 431 g/mol. The van der Waals surface area contributed by atoms with Crippen LogP contribution in [0, 0.1) is 3.57 Å². The zero-order valence-electron chi connectivity index (χ0n) is 14.2. The van der Waals surface area contributed by atoms with Gasteiger partial charge in [0, 0.05) is 31.9 Å². The second-order valence-electron chi connectivity index (χ2n) is 6.25. The lowest BCUT2D eigenvalue weighted by Gasteiger charge is -2.26. The van der Waals surface area contributed by atoms with E-state index < -0.39 is 0 Å². The highest BCUT2D eigenvalue weighted by atomic mass is 127. The van der Waals surface area contributed by atoms with Crippen molar-refractivity contribution in [2.75, 3.05) is 13.1 Å². The SMILES string of the molecule is Cn1ccc(OCc2ccc(C(=O)N3CCCCC3)cc2)c(I)c1=O. The first-order valence-electron chi connectivity index (χ1n) is 8.42. The number of hydrogen-bond acceptors (Lipinski definition) is 3. The molecule has 0 spiro atoms. The lowest BCUT2D eigenvalue weighted by atomic mass is 10.1. The van der Waals surface area contributed by atoms with E-state index in [0.29, 0.717) is 21.5 Å². The largest absolute Gasteiger partial charge is 0.488 e. The predicted octanol–water partition coefficient (Wildman–Crippen LogP) is 3.20. The standard InChI is InChI=1S/C19H21IN2O3/c1-21-12-9-16(17(20)19(21)24)25-13-14-5-7-15(8-6-14)18(23)22-10-3-2-4-11-22/h5-9,12H,2-4,10-11,13H2,1H3. The Bertz CT molecular complexity index is 808. The van der Waals surface area contributed by atoms with E-state index in [2.05, 4.69) is 0 Å². The van der Waals surface area contributed by atoms with Crippen LogP contribution < -0.4 is 10.3 Å². The summed E-state index contributed by atoms with van der Waals surface area (Å²) in [6.07, 6.45) is 5.08. The Hall–Kier alpha value is -1.83. The molecule has 0 saturated carbocycles. The second-order valence-corrected chi connectivity index (χ2v) is 7.33. The number of pyridine rings is 1. The molecular formula is C19H21IN2O3. The molecule has 0 unspecified atom stereocenters. The molecule has 1 saturated heterocycles. The first-order chi connectivity index (χ1) is 12.1. The molecule has 2 heterocycles. The molecule has 3 rings (SSSR count). The van der Waals surface area contributed by atoms with Crippen LogP contribution in [0.25, 0.3) is 0 Å². The van der Waals surface area contributed by atoms with Crippen molar-refractivity contribution in [1.82, 2.24) is 9.47 Å². The number of halogens is 1. The van der Waals surface area contributed by atoms with E-state index in [4.69, 9.17) is 4.74 Å². The number of aryl methyl sites for hydroxylation is 1. The summed E-state index contributed by atoms with van der Waals surface area (Å²) in [5, 5.41) is 0. The fourth-order valence-corrected chi connectivity index (χ4v) is 3.59. The zero-order chi connectivity index (χ0) is 17.8. The Morgan fingerprint density at radius 1 is 1.12 bits per heavy atom. The summed E-state index contributed by atoms with van der Waals surface area (Å²) in [6.45, 7) is 2.07. The van der Waals surface area contributed by atoms with Crippen molar-refractivity contribution in [3.8, 4) is 5.75 Å². The molecule has 1 aliphatic heterocycles. The summed E-state index contributed by atoms with van der Waals surface area (Å²) in [5.74, 6) is 0.686. The number of carbonyl (C=O) groups excluding carboxylic acids is 1. The van der Waals surface area contributed by atoms with Crippen LogP contribution >= 0.6 is 22.6 Å². The number of amides is 1. The summed E-state index contributed by atoms with van der Waals surface area (Å²) < 4.78 is 7.85. The van der Waals surface area contributed by atoms with E-state index in [1.165, 1.54) is 11.0 Å². The third-order valence-corrected chi connectivity index (χ3v) is 5.41. The van der Waals surface area contributed by atoms with Crippen molar-refractivity contribution >= 4 is 28.5 Å². The molecule has 5 nitrogen and oxygen atoms in total. The highest BCUT2D eigenvalue weighted by Crippen LogP contribution is 2.18. The van der Waals surface area contributed by atoms with Gasteiger partial charge in [0.05, 0.1) is 0 Å². The molecule has 0 bridgehead atoms. The van der Waals surface area contributed by atoms with E-state index in [0.717, 1.165) is 31.5 Å². The summed E-state index contributed by atoms with van der Waals surface area (Å²) in [7, 11) is 1.71. The Labute approximate surface area is 160 Å². The average Bonchev–Trinajstić information content (AvgIpc) is 2.66. The van der Waals surface area contributed by atoms with Crippen LogP contribution in [0.1, 0.15) is 35.2 Å². The highest BCUT2D eigenvalue weighted by Gasteiger charge is 2.17. The van der Waals surface area contributed by atoms with Gasteiger partial charge in [-0.1, -0.05) is 12.1 Å². The zero-order valence-corrected chi connectivity index (χ0v) is 16.4. The van der Waals surface area contributed by atoms with Crippen molar-refractivity contribution in [3.63, 3.8) is 0 Å². The molecule has 1 aliphatic rings. The van der Waals surface area contributed by atoms with Crippen molar-refractivity contribution in [3.05, 3.63) is 61.6 Å². The quantitative estimate of drug-likeness (QED) is 0.670. The number of nitrogens with zero attached hydrogens (tertiary/aromatic N) is 2. The minimum atomic E-state index is -0.0689. The molecule has 1 aromatic heterocycles. The van der Waals surface area contributed by atoms with Crippen LogP contribution in [-0.2, 0) is 13.7 Å². The lowest BCUT2D eigenvalue weighted by Crippen LogP contribution is -2.35. The fourth-order valence-electron chi connectivity index (χ4n) is 2.88. The monoisotopic (exact) mass is 452 g/mol. The van der Waals surface area contributed by atoms with E-state index in [9.17, 15) is 9.59 Å². The van der Waals surface area contributed by atoms with Gasteiger partial charge in [-0.15, -0.1) is 0 Å². The van der Waals surface area contributed by atoms with Crippen molar-refractivity contribution in [2.24, 2.45) is 7.05 Å². The van der Waals surface area contributed by atoms with Gasteiger partial charge in [0.25, 0.3) is 11.5 Å². The average molecular weight is 452 g/mol. The normalized spacial score (nSPS) is 14.4. The number of carbonyl (C=O) groups is 1. The maximum absolute atomic E-state index is 12.5. The van der Waals surface area contributed by atoms with E-state index in [1.807, 2.05) is 51.8 Å². The molecule has 0 atom stereocenters. The van der Waals surface area contributed by atoms with Gasteiger partial charge in [0.15, 0.2) is 0 Å². The number of benzene rings is 1. The van der Waals surface area contributed by atoms with E-state index in [1.54, 1.807) is 19.3 Å². The highest BCUT2D eigenvalue weighted by molar-refractivity contribution is 14.1. The van der Waals surface area contributed by atoms with E-state index in [-0.39, 0.29) is 11.5 Å². The Morgan fingerprint density at radius 2 is 1.80 bits per heavy atom. The molecule has 0 radical (unpaired) electrons. The molecule has 1 amide bonds. The van der Waals surface area contributed by atoms with Crippen molar-refractivity contribution in [1.29, 1.82) is 0 Å². The smallest absolute Gasteiger partial charge is 0.267 e. The molecule has 2 aromatic rings. The number of rotatable bonds is 4. The van der Waals surface area contributed by atoms with Gasteiger partial charge in [-0.05, 0) is 65.6 Å². The van der Waals surface area contributed by atoms with E-state index >= 15 is 0 Å². The minimum Gasteiger partial charge on any atom is -0.488 e. The van der Waals surface area contributed by atoms with Gasteiger partial charge in [-0.25, -0.2) is 0 Å². The molecule has 1 fully saturated rings. The van der Waals surface area contributed by atoms with Gasteiger partial charge >= 0.3 is 0 Å². The van der Waals surface area contributed by atoms with Crippen LogP contribution in [0.2, 0.25) is 0 Å². The number of hydrogen-bond donors (Lipinski definition) is 0. The first kappa shape index (κ1) is 18.0. The van der Waals surface area contributed by atoms with Crippen LogP contribution in [0.15, 0.2) is 41.3 Å². The Morgan fingerprint density at radius 3 is 2.48 bits per heavy atom. The first-order valence-corrected chi connectivity index (χ1v) is 9.50. The van der Waals surface area contributed by atoms with Gasteiger partial charge < -0.3 is 14.2 Å². The van der Waals surface area contributed by atoms with Gasteiger partial charge in [0.2, 0.25) is 0 Å². The number of ether oxygens (including phenoxy) is 1.